The third kappa shape index (κ3) is 27.7. The van der Waals surface area contributed by atoms with E-state index in [0.29, 0.717) is 0 Å². The van der Waals surface area contributed by atoms with Crippen molar-refractivity contribution in [2.24, 2.45) is 0 Å². The second kappa shape index (κ2) is 27.1. The van der Waals surface area contributed by atoms with E-state index in [9.17, 15) is 23.2 Å². The van der Waals surface area contributed by atoms with E-state index in [0.717, 1.165) is 25.8 Å². The Bertz CT molecular complexity index is 543. The standard InChI is InChI=1S/C24H49NO2.C2H6O4S/c1-3-5-6-7-8-9-10-11-12-13-14-15-16-17-18-23(19-21-26)24(20-22-27)25-4-2;1-2-6-7(3,4)5/h25-27H,3-22H2,1-2H3;2H2,1H3,(H,3,4,5)/b24-23-;. The number of quaternary nitrogens is 1. The molecular formula is C26H55NO6S. The van der Waals surface area contributed by atoms with E-state index >= 15 is 0 Å². The van der Waals surface area contributed by atoms with Crippen molar-refractivity contribution in [1.29, 1.82) is 0 Å². The van der Waals surface area contributed by atoms with Crippen LogP contribution in [0.15, 0.2) is 11.3 Å². The number of rotatable bonds is 23. The van der Waals surface area contributed by atoms with Gasteiger partial charge in [-0.25, -0.2) is 8.42 Å². The number of aliphatic hydroxyl groups is 2. The molecule has 0 atom stereocenters. The van der Waals surface area contributed by atoms with Gasteiger partial charge in [-0.15, -0.1) is 0 Å². The number of unbranched alkanes of at least 4 members (excludes halogenated alkanes) is 13. The summed E-state index contributed by atoms with van der Waals surface area (Å²) in [5.41, 5.74) is 2.65. The van der Waals surface area contributed by atoms with Gasteiger partial charge in [0, 0.05) is 13.0 Å². The van der Waals surface area contributed by atoms with Gasteiger partial charge in [0.25, 0.3) is 0 Å². The van der Waals surface area contributed by atoms with Crippen LogP contribution in [-0.4, -0.2) is 49.5 Å². The van der Waals surface area contributed by atoms with Gasteiger partial charge < -0.3 is 20.1 Å². The fraction of sp³-hybridized carbons (Fsp3) is 0.923. The fourth-order valence-electron chi connectivity index (χ4n) is 4.05. The highest BCUT2D eigenvalue weighted by atomic mass is 32.3. The Morgan fingerprint density at radius 2 is 1.15 bits per heavy atom. The lowest BCUT2D eigenvalue weighted by Gasteiger charge is -2.11. The van der Waals surface area contributed by atoms with Gasteiger partial charge in [0.05, 0.1) is 19.8 Å². The summed E-state index contributed by atoms with van der Waals surface area (Å²) in [5, 5.41) is 20.8. The Balaban J connectivity index is 0. The first-order valence-electron chi connectivity index (χ1n) is 13.7. The summed E-state index contributed by atoms with van der Waals surface area (Å²) in [6, 6.07) is 0. The van der Waals surface area contributed by atoms with Crippen molar-refractivity contribution < 1.29 is 32.7 Å². The average molecular weight is 510 g/mol. The van der Waals surface area contributed by atoms with Crippen molar-refractivity contribution in [1.82, 2.24) is 0 Å². The number of nitrogens with two attached hydrogens (primary N) is 1. The lowest BCUT2D eigenvalue weighted by Crippen LogP contribution is -2.82. The van der Waals surface area contributed by atoms with Crippen LogP contribution in [0.2, 0.25) is 0 Å². The second-order valence-electron chi connectivity index (χ2n) is 8.85. The molecule has 0 fully saturated rings. The maximum Gasteiger partial charge on any atom is 0.217 e. The van der Waals surface area contributed by atoms with E-state index in [4.69, 9.17) is 0 Å². The molecule has 0 saturated heterocycles. The average Bonchev–Trinajstić information content (AvgIpc) is 2.78. The van der Waals surface area contributed by atoms with Crippen LogP contribution in [0, 0.1) is 0 Å². The molecule has 0 aromatic carbocycles. The van der Waals surface area contributed by atoms with Crippen molar-refractivity contribution in [3.05, 3.63) is 11.3 Å². The minimum atomic E-state index is -4.42. The summed E-state index contributed by atoms with van der Waals surface area (Å²) >= 11 is 0. The summed E-state index contributed by atoms with van der Waals surface area (Å²) < 4.78 is 32.0. The van der Waals surface area contributed by atoms with E-state index in [2.05, 4.69) is 23.3 Å². The molecule has 0 aliphatic heterocycles. The Labute approximate surface area is 210 Å². The lowest BCUT2D eigenvalue weighted by atomic mass is 9.99. The minimum Gasteiger partial charge on any atom is -0.726 e. The third-order valence-corrected chi connectivity index (χ3v) is 6.32. The molecule has 7 nitrogen and oxygen atoms in total. The van der Waals surface area contributed by atoms with E-state index in [1.165, 1.54) is 108 Å². The predicted octanol–water partition coefficient (Wildman–Crippen LogP) is 4.94. The van der Waals surface area contributed by atoms with Gasteiger partial charge in [-0.05, 0) is 38.7 Å². The van der Waals surface area contributed by atoms with Gasteiger partial charge in [-0.2, -0.15) is 0 Å². The van der Waals surface area contributed by atoms with Crippen LogP contribution in [0.5, 0.6) is 0 Å². The van der Waals surface area contributed by atoms with Crippen LogP contribution in [0.1, 0.15) is 130 Å². The second-order valence-corrected chi connectivity index (χ2v) is 9.90. The number of aliphatic hydroxyl groups excluding tert-OH is 2. The Hall–Kier alpha value is -0.510. The maximum atomic E-state index is 9.45. The Kier molecular flexibility index (Phi) is 28.4. The molecule has 0 aromatic heterocycles. The summed E-state index contributed by atoms with van der Waals surface area (Å²) in [5.74, 6) is 0. The highest BCUT2D eigenvalue weighted by Gasteiger charge is 2.10. The zero-order chi connectivity index (χ0) is 25.9. The topological polar surface area (TPSA) is 124 Å². The van der Waals surface area contributed by atoms with E-state index in [-0.39, 0.29) is 19.8 Å². The van der Waals surface area contributed by atoms with Crippen molar-refractivity contribution in [2.45, 2.75) is 130 Å². The molecule has 206 valence electrons. The monoisotopic (exact) mass is 509 g/mol. The molecule has 0 radical (unpaired) electrons. The van der Waals surface area contributed by atoms with E-state index < -0.39 is 10.4 Å². The first-order valence-corrected chi connectivity index (χ1v) is 15.1. The first kappa shape index (κ1) is 35.7. The molecule has 34 heavy (non-hydrogen) atoms. The molecular weight excluding hydrogens is 454 g/mol. The lowest BCUT2D eigenvalue weighted by molar-refractivity contribution is -0.606. The van der Waals surface area contributed by atoms with Gasteiger partial charge in [0.2, 0.25) is 10.4 Å². The molecule has 0 amide bonds. The summed E-state index contributed by atoms with van der Waals surface area (Å²) in [6.07, 6.45) is 22.0. The fourth-order valence-corrected chi connectivity index (χ4v) is 4.34. The van der Waals surface area contributed by atoms with Crippen LogP contribution in [0.3, 0.4) is 0 Å². The summed E-state index contributed by atoms with van der Waals surface area (Å²) in [4.78, 5) is 0. The zero-order valence-corrected chi connectivity index (χ0v) is 23.2. The van der Waals surface area contributed by atoms with Crippen molar-refractivity contribution in [3.63, 3.8) is 0 Å². The van der Waals surface area contributed by atoms with Crippen LogP contribution >= 0.6 is 0 Å². The predicted molar refractivity (Wildman–Crippen MR) is 139 cm³/mol. The van der Waals surface area contributed by atoms with Gasteiger partial charge in [0.15, 0.2) is 0 Å². The molecule has 0 saturated carbocycles. The maximum absolute atomic E-state index is 9.45. The van der Waals surface area contributed by atoms with E-state index in [1.807, 2.05) is 0 Å². The normalized spacial score (nSPS) is 12.3. The molecule has 0 aliphatic carbocycles. The van der Waals surface area contributed by atoms with Gasteiger partial charge >= 0.3 is 0 Å². The summed E-state index contributed by atoms with van der Waals surface area (Å²) in [6.45, 7) is 7.19. The molecule has 0 aliphatic rings. The van der Waals surface area contributed by atoms with Crippen molar-refractivity contribution >= 4 is 10.4 Å². The number of hydrogen-bond acceptors (Lipinski definition) is 6. The largest absolute Gasteiger partial charge is 0.726 e. The van der Waals surface area contributed by atoms with Gasteiger partial charge in [-0.1, -0.05) is 90.4 Å². The smallest absolute Gasteiger partial charge is 0.217 e. The molecule has 0 heterocycles. The molecule has 0 unspecified atom stereocenters. The quantitative estimate of drug-likeness (QED) is 0.102. The first-order chi connectivity index (χ1) is 16.4. The third-order valence-electron chi connectivity index (χ3n) is 5.79. The van der Waals surface area contributed by atoms with Crippen LogP contribution < -0.4 is 5.32 Å². The molecule has 0 rings (SSSR count). The van der Waals surface area contributed by atoms with Crippen LogP contribution in [-0.2, 0) is 14.6 Å². The van der Waals surface area contributed by atoms with Crippen LogP contribution in [0.25, 0.3) is 0 Å². The van der Waals surface area contributed by atoms with Gasteiger partial charge in [-0.3, -0.25) is 4.18 Å². The summed E-state index contributed by atoms with van der Waals surface area (Å²) in [7, 11) is -4.42. The van der Waals surface area contributed by atoms with E-state index in [1.54, 1.807) is 0 Å². The van der Waals surface area contributed by atoms with Crippen molar-refractivity contribution in [2.75, 3.05) is 26.4 Å². The van der Waals surface area contributed by atoms with Crippen molar-refractivity contribution in [3.8, 4) is 0 Å². The SMILES string of the molecule is CCCCCCCCCCCCCCCC/C(CCO)=C(\CCO)[NH2+]CC.CCOS(=O)(=O)[O-]. The number of hydrogen-bond donors (Lipinski definition) is 3. The highest BCUT2D eigenvalue weighted by molar-refractivity contribution is 7.80. The Morgan fingerprint density at radius 3 is 1.47 bits per heavy atom. The van der Waals surface area contributed by atoms with Gasteiger partial charge in [0.1, 0.15) is 5.70 Å². The van der Waals surface area contributed by atoms with Crippen LogP contribution in [0.4, 0.5) is 0 Å². The highest BCUT2D eigenvalue weighted by Crippen LogP contribution is 2.18. The molecule has 0 aromatic rings. The minimum absolute atomic E-state index is 0.0914. The molecule has 8 heteroatoms. The zero-order valence-electron chi connectivity index (χ0n) is 22.4. The Morgan fingerprint density at radius 1 is 0.706 bits per heavy atom. The molecule has 0 bridgehead atoms. The molecule has 4 N–H and O–H groups in total. The molecule has 0 spiro atoms.